The number of ether oxygens (including phenoxy) is 2. The molecule has 1 fully saturated rings. The van der Waals surface area contributed by atoms with Crippen molar-refractivity contribution in [3.05, 3.63) is 68.8 Å². The number of hydrogen-bond acceptors (Lipinski definition) is 6. The fourth-order valence-electron chi connectivity index (χ4n) is 5.40. The third kappa shape index (κ3) is 4.05. The van der Waals surface area contributed by atoms with Crippen LogP contribution in [0.2, 0.25) is 0 Å². The van der Waals surface area contributed by atoms with Crippen molar-refractivity contribution in [1.29, 1.82) is 0 Å². The van der Waals surface area contributed by atoms with Crippen LogP contribution in [0.5, 0.6) is 0 Å². The highest BCUT2D eigenvalue weighted by molar-refractivity contribution is 6.09. The molecule has 200 valence electrons. The molecular weight excluding hydrogens is 520 g/mol. The predicted octanol–water partition coefficient (Wildman–Crippen LogP) is 3.69. The van der Waals surface area contributed by atoms with Gasteiger partial charge in [-0.25, -0.2) is 8.78 Å². The van der Waals surface area contributed by atoms with E-state index in [1.54, 1.807) is 16.5 Å². The molecule has 6 rings (SSSR count). The van der Waals surface area contributed by atoms with E-state index in [1.807, 2.05) is 0 Å². The van der Waals surface area contributed by atoms with Crippen molar-refractivity contribution in [2.24, 2.45) is 0 Å². The minimum absolute atomic E-state index is 0. The maximum absolute atomic E-state index is 14.0. The molecular formula is C26H26ClF2N5O4. The molecule has 0 radical (unpaired) electrons. The topological polar surface area (TPSA) is 102 Å². The number of nitrogens with one attached hydrogen (secondary N) is 1. The second-order valence-electron chi connectivity index (χ2n) is 9.87. The molecule has 4 heterocycles. The lowest BCUT2D eigenvalue weighted by Crippen LogP contribution is -2.33. The molecule has 0 unspecified atom stereocenters. The van der Waals surface area contributed by atoms with Crippen molar-refractivity contribution in [1.82, 2.24) is 19.6 Å². The highest BCUT2D eigenvalue weighted by Crippen LogP contribution is 2.35. The van der Waals surface area contributed by atoms with Gasteiger partial charge in [0.25, 0.3) is 11.5 Å². The number of rotatable bonds is 4. The number of carbonyl (C=O) groups is 1. The minimum atomic E-state index is -1.01. The molecule has 12 heteroatoms. The Morgan fingerprint density at radius 2 is 1.89 bits per heavy atom. The Morgan fingerprint density at radius 1 is 1.16 bits per heavy atom. The first-order valence-corrected chi connectivity index (χ1v) is 12.1. The number of aromatic nitrogens is 4. The summed E-state index contributed by atoms with van der Waals surface area (Å²) >= 11 is 0. The Labute approximate surface area is 222 Å². The van der Waals surface area contributed by atoms with Gasteiger partial charge < -0.3 is 19.4 Å². The van der Waals surface area contributed by atoms with Crippen molar-refractivity contribution in [2.75, 3.05) is 31.8 Å². The molecule has 0 saturated carbocycles. The number of H-pyrrole nitrogens is 1. The molecule has 2 aromatic heterocycles. The third-order valence-electron chi connectivity index (χ3n) is 7.51. The molecule has 1 amide bonds. The van der Waals surface area contributed by atoms with Gasteiger partial charge in [-0.3, -0.25) is 14.0 Å². The van der Waals surface area contributed by atoms with Crippen LogP contribution in [0.25, 0.3) is 16.7 Å². The molecule has 2 aliphatic heterocycles. The van der Waals surface area contributed by atoms with E-state index in [0.29, 0.717) is 58.9 Å². The molecule has 0 bridgehead atoms. The van der Waals surface area contributed by atoms with Crippen LogP contribution in [-0.2, 0) is 27.9 Å². The average Bonchev–Trinajstić information content (AvgIpc) is 3.50. The summed E-state index contributed by atoms with van der Waals surface area (Å²) in [6, 6.07) is 5.59. The first-order chi connectivity index (χ1) is 17.8. The number of benzene rings is 2. The molecule has 4 aromatic rings. The van der Waals surface area contributed by atoms with Gasteiger partial charge in [0, 0.05) is 43.9 Å². The number of hydrogen-bond donors (Lipinski definition) is 1. The lowest BCUT2D eigenvalue weighted by atomic mass is 9.81. The van der Waals surface area contributed by atoms with Gasteiger partial charge >= 0.3 is 0 Å². The fourth-order valence-corrected chi connectivity index (χ4v) is 5.40. The number of aromatic amines is 1. The number of fused-ring (bicyclic) bond motifs is 4. The van der Waals surface area contributed by atoms with E-state index in [9.17, 15) is 18.4 Å². The van der Waals surface area contributed by atoms with Crippen LogP contribution in [-0.4, -0.2) is 52.4 Å². The van der Waals surface area contributed by atoms with Gasteiger partial charge in [-0.05, 0) is 48.6 Å². The number of methoxy groups -OCH3 is 1. The van der Waals surface area contributed by atoms with E-state index in [1.165, 1.54) is 12.0 Å². The Balaban J connectivity index is 0.00000294. The summed E-state index contributed by atoms with van der Waals surface area (Å²) in [5.74, 6) is -1.68. The van der Waals surface area contributed by atoms with Gasteiger partial charge in [-0.2, -0.15) is 0 Å². The smallest absolute Gasteiger partial charge is 0.294 e. The van der Waals surface area contributed by atoms with Gasteiger partial charge in [0.2, 0.25) is 5.65 Å². The molecule has 1 saturated heterocycles. The number of anilines is 1. The quantitative estimate of drug-likeness (QED) is 0.420. The lowest BCUT2D eigenvalue weighted by molar-refractivity contribution is 0.0533. The van der Waals surface area contributed by atoms with Gasteiger partial charge in [-0.1, -0.05) is 6.92 Å². The van der Waals surface area contributed by atoms with E-state index < -0.39 is 17.2 Å². The second kappa shape index (κ2) is 9.72. The van der Waals surface area contributed by atoms with Crippen LogP contribution in [0.1, 0.15) is 47.1 Å². The Bertz CT molecular complexity index is 1630. The summed E-state index contributed by atoms with van der Waals surface area (Å²) in [7, 11) is 1.53. The highest BCUT2D eigenvalue weighted by Gasteiger charge is 2.35. The van der Waals surface area contributed by atoms with Crippen molar-refractivity contribution in [3.63, 3.8) is 0 Å². The Morgan fingerprint density at radius 3 is 2.63 bits per heavy atom. The first-order valence-electron chi connectivity index (χ1n) is 12.1. The number of halogens is 3. The maximum atomic E-state index is 14.0. The second-order valence-corrected chi connectivity index (χ2v) is 9.87. The van der Waals surface area contributed by atoms with E-state index in [4.69, 9.17) is 9.47 Å². The molecule has 1 N–H and O–H groups in total. The minimum Gasteiger partial charge on any atom is -0.381 e. The van der Waals surface area contributed by atoms with E-state index in [0.717, 1.165) is 25.0 Å². The van der Waals surface area contributed by atoms with E-state index in [-0.39, 0.29) is 42.5 Å². The standard InChI is InChI=1S/C26H25F2N5O4.ClH/c1-26(4-7-37-8-5-26)25-31-30-22-23(34)29-19-11-16(15(13-36-2)10-21(19)33(22)25)24(35)32-6-3-14-9-17(27)18(28)12-20(14)32;/h9-12H,3-8,13H2,1-2H3,(H,29,34);1H. The lowest BCUT2D eigenvalue weighted by Gasteiger charge is -2.32. The Hall–Kier alpha value is -3.41. The van der Waals surface area contributed by atoms with Crippen molar-refractivity contribution >= 4 is 40.7 Å². The zero-order valence-electron chi connectivity index (χ0n) is 20.8. The normalized spacial score (nSPS) is 16.6. The van der Waals surface area contributed by atoms with Crippen LogP contribution in [0, 0.1) is 11.6 Å². The number of amides is 1. The molecule has 2 aromatic carbocycles. The van der Waals surface area contributed by atoms with Gasteiger partial charge in [-0.15, -0.1) is 22.6 Å². The number of carbonyl (C=O) groups excluding carboxylic acids is 1. The van der Waals surface area contributed by atoms with Gasteiger partial charge in [0.1, 0.15) is 5.82 Å². The van der Waals surface area contributed by atoms with Gasteiger partial charge in [0.15, 0.2) is 11.6 Å². The van der Waals surface area contributed by atoms with E-state index in [2.05, 4.69) is 22.1 Å². The summed E-state index contributed by atoms with van der Waals surface area (Å²) in [5.41, 5.74) is 2.26. The molecule has 0 atom stereocenters. The summed E-state index contributed by atoms with van der Waals surface area (Å²) in [5, 5.41) is 8.58. The molecule has 0 spiro atoms. The molecule has 2 aliphatic rings. The van der Waals surface area contributed by atoms with Gasteiger partial charge in [0.05, 0.1) is 23.3 Å². The fraction of sp³-hybridized carbons (Fsp3) is 0.385. The summed E-state index contributed by atoms with van der Waals surface area (Å²) in [4.78, 5) is 31.0. The van der Waals surface area contributed by atoms with Crippen molar-refractivity contribution in [2.45, 2.75) is 38.2 Å². The zero-order valence-corrected chi connectivity index (χ0v) is 21.7. The largest absolute Gasteiger partial charge is 0.381 e. The molecule has 38 heavy (non-hydrogen) atoms. The summed E-state index contributed by atoms with van der Waals surface area (Å²) in [6.45, 7) is 3.66. The molecule has 9 nitrogen and oxygen atoms in total. The zero-order chi connectivity index (χ0) is 25.9. The van der Waals surface area contributed by atoms with Crippen LogP contribution in [0.4, 0.5) is 14.5 Å². The predicted molar refractivity (Wildman–Crippen MR) is 138 cm³/mol. The van der Waals surface area contributed by atoms with E-state index >= 15 is 0 Å². The maximum Gasteiger partial charge on any atom is 0.294 e. The summed E-state index contributed by atoms with van der Waals surface area (Å²) < 4.78 is 40.5. The van der Waals surface area contributed by atoms with Crippen LogP contribution in [0.3, 0.4) is 0 Å². The summed E-state index contributed by atoms with van der Waals surface area (Å²) in [6.07, 6.45) is 1.87. The Kier molecular flexibility index (Phi) is 6.70. The number of nitrogens with zero attached hydrogens (tertiary/aromatic N) is 4. The average molecular weight is 546 g/mol. The third-order valence-corrected chi connectivity index (χ3v) is 7.51. The molecule has 0 aliphatic carbocycles. The highest BCUT2D eigenvalue weighted by atomic mass is 35.5. The van der Waals surface area contributed by atoms with Crippen molar-refractivity contribution < 1.29 is 23.0 Å². The van der Waals surface area contributed by atoms with Crippen molar-refractivity contribution in [3.8, 4) is 0 Å². The van der Waals surface area contributed by atoms with Crippen LogP contribution in [0.15, 0.2) is 29.1 Å². The first kappa shape index (κ1) is 26.2. The van der Waals surface area contributed by atoms with Crippen LogP contribution < -0.4 is 10.5 Å². The van der Waals surface area contributed by atoms with Crippen LogP contribution >= 0.6 is 12.4 Å². The SMILES string of the molecule is COCc1cc2c(cc1C(=O)N1CCc3cc(F)c(F)cc31)[nH]c(=O)c1nnc(C3(C)CCOCC3)n12.Cl. The monoisotopic (exact) mass is 545 g/mol.